The van der Waals surface area contributed by atoms with Gasteiger partial charge in [-0.25, -0.2) is 4.99 Å². The van der Waals surface area contributed by atoms with Gasteiger partial charge in [-0.1, -0.05) is 13.3 Å². The summed E-state index contributed by atoms with van der Waals surface area (Å²) >= 11 is 0. The summed E-state index contributed by atoms with van der Waals surface area (Å²) in [5.74, 6) is 0.857. The summed E-state index contributed by atoms with van der Waals surface area (Å²) in [5.41, 5.74) is 15.8. The summed E-state index contributed by atoms with van der Waals surface area (Å²) < 4.78 is 0. The summed E-state index contributed by atoms with van der Waals surface area (Å²) in [4.78, 5) is 7.83. The zero-order chi connectivity index (χ0) is 9.84. The molecule has 0 aromatic heterocycles. The highest BCUT2D eigenvalue weighted by molar-refractivity contribution is 5.92. The van der Waals surface area contributed by atoms with Crippen molar-refractivity contribution in [1.29, 1.82) is 0 Å². The van der Waals surface area contributed by atoms with Gasteiger partial charge >= 0.3 is 0 Å². The topological polar surface area (TPSA) is 103 Å². The van der Waals surface area contributed by atoms with Crippen LogP contribution in [0.2, 0.25) is 0 Å². The summed E-state index contributed by atoms with van der Waals surface area (Å²) in [6.45, 7) is 2.17. The molecule has 13 heavy (non-hydrogen) atoms. The Kier molecular flexibility index (Phi) is 3.11. The van der Waals surface area contributed by atoms with Crippen LogP contribution in [0.3, 0.4) is 0 Å². The van der Waals surface area contributed by atoms with Crippen molar-refractivity contribution in [2.75, 3.05) is 0 Å². The van der Waals surface area contributed by atoms with E-state index in [1.54, 1.807) is 0 Å². The minimum absolute atomic E-state index is 0.0334. The lowest BCUT2D eigenvalue weighted by atomic mass is 10.2. The first kappa shape index (κ1) is 9.83. The molecule has 2 atom stereocenters. The quantitative estimate of drug-likeness (QED) is 0.415. The van der Waals surface area contributed by atoms with E-state index in [1.807, 2.05) is 0 Å². The van der Waals surface area contributed by atoms with Crippen LogP contribution in [0.1, 0.15) is 26.2 Å². The summed E-state index contributed by atoms with van der Waals surface area (Å²) in [7, 11) is 0. The lowest BCUT2D eigenvalue weighted by Crippen LogP contribution is -2.26. The first-order valence-electron chi connectivity index (χ1n) is 4.56. The number of nitrogens with two attached hydrogens (primary N) is 3. The zero-order valence-corrected chi connectivity index (χ0v) is 7.90. The van der Waals surface area contributed by atoms with Gasteiger partial charge in [-0.15, -0.1) is 0 Å². The molecular weight excluding hydrogens is 166 g/mol. The molecule has 0 heterocycles. The van der Waals surface area contributed by atoms with E-state index in [-0.39, 0.29) is 11.9 Å². The Bertz CT molecular complexity index is 229. The van der Waals surface area contributed by atoms with Gasteiger partial charge in [0.25, 0.3) is 0 Å². The summed E-state index contributed by atoms with van der Waals surface area (Å²) in [6, 6.07) is 0.350. The number of nitrogens with zero attached hydrogens (tertiary/aromatic N) is 2. The molecule has 5 heteroatoms. The lowest BCUT2D eigenvalue weighted by Gasteiger charge is -1.94. The third kappa shape index (κ3) is 3.31. The van der Waals surface area contributed by atoms with Crippen molar-refractivity contribution in [2.24, 2.45) is 33.1 Å². The highest BCUT2D eigenvalue weighted by Crippen LogP contribution is 2.37. The number of hydrogen-bond acceptors (Lipinski definition) is 1. The Morgan fingerprint density at radius 1 is 1.38 bits per heavy atom. The number of aliphatic imine (C=N–C) groups is 2. The van der Waals surface area contributed by atoms with Crippen molar-refractivity contribution in [3.05, 3.63) is 0 Å². The fourth-order valence-electron chi connectivity index (χ4n) is 1.40. The molecule has 1 aliphatic carbocycles. The van der Waals surface area contributed by atoms with Crippen LogP contribution < -0.4 is 17.2 Å². The van der Waals surface area contributed by atoms with Gasteiger partial charge in [0.1, 0.15) is 0 Å². The smallest absolute Gasteiger partial charge is 0.218 e. The van der Waals surface area contributed by atoms with Gasteiger partial charge in [0, 0.05) is 0 Å². The maximum absolute atomic E-state index is 5.48. The molecule has 0 radical (unpaired) electrons. The molecule has 0 aromatic rings. The summed E-state index contributed by atoms with van der Waals surface area (Å²) in [5, 5.41) is 0. The molecule has 0 amide bonds. The van der Waals surface area contributed by atoms with Crippen LogP contribution in [0.5, 0.6) is 0 Å². The average Bonchev–Trinajstić information content (AvgIpc) is 2.66. The van der Waals surface area contributed by atoms with E-state index in [0.29, 0.717) is 12.0 Å². The van der Waals surface area contributed by atoms with E-state index in [4.69, 9.17) is 17.2 Å². The van der Waals surface area contributed by atoms with Crippen LogP contribution in [0.15, 0.2) is 9.98 Å². The molecule has 74 valence electrons. The second kappa shape index (κ2) is 4.11. The van der Waals surface area contributed by atoms with Crippen LogP contribution in [-0.2, 0) is 0 Å². The number of hydrogen-bond donors (Lipinski definition) is 3. The highest BCUT2D eigenvalue weighted by atomic mass is 15.1. The Balaban J connectivity index is 2.37. The van der Waals surface area contributed by atoms with Crippen molar-refractivity contribution >= 4 is 11.9 Å². The van der Waals surface area contributed by atoms with Crippen LogP contribution in [0.4, 0.5) is 0 Å². The van der Waals surface area contributed by atoms with Crippen LogP contribution >= 0.6 is 0 Å². The second-order valence-electron chi connectivity index (χ2n) is 3.38. The van der Waals surface area contributed by atoms with E-state index < -0.39 is 0 Å². The molecule has 0 aromatic carbocycles. The Morgan fingerprint density at radius 3 is 2.62 bits per heavy atom. The Labute approximate surface area is 78.1 Å². The minimum atomic E-state index is -0.0334. The van der Waals surface area contributed by atoms with Gasteiger partial charge in [-0.05, 0) is 18.8 Å². The van der Waals surface area contributed by atoms with E-state index in [2.05, 4.69) is 16.9 Å². The molecule has 0 bridgehead atoms. The first-order chi connectivity index (χ1) is 6.13. The fraction of sp³-hybridized carbons (Fsp3) is 0.750. The highest BCUT2D eigenvalue weighted by Gasteiger charge is 2.35. The third-order valence-corrected chi connectivity index (χ3v) is 2.09. The average molecular weight is 183 g/mol. The molecule has 1 fully saturated rings. The van der Waals surface area contributed by atoms with E-state index in [0.717, 1.165) is 6.42 Å². The normalized spacial score (nSPS) is 27.0. The van der Waals surface area contributed by atoms with Gasteiger partial charge in [-0.3, -0.25) is 0 Å². The molecule has 0 spiro atoms. The van der Waals surface area contributed by atoms with Gasteiger partial charge < -0.3 is 17.2 Å². The van der Waals surface area contributed by atoms with Crippen molar-refractivity contribution < 1.29 is 0 Å². The second-order valence-corrected chi connectivity index (χ2v) is 3.38. The van der Waals surface area contributed by atoms with E-state index in [9.17, 15) is 0 Å². The third-order valence-electron chi connectivity index (χ3n) is 2.09. The summed E-state index contributed by atoms with van der Waals surface area (Å²) in [6.07, 6.45) is 3.52. The standard InChI is InChI=1S/C8H17N5/c1-2-3-5-4-6(5)12-8(11)13-7(9)10/h5-6H,2-4H2,1H3,(H6,9,10,11,12,13). The Morgan fingerprint density at radius 2 is 2.08 bits per heavy atom. The van der Waals surface area contributed by atoms with Crippen molar-refractivity contribution in [3.63, 3.8) is 0 Å². The van der Waals surface area contributed by atoms with Gasteiger partial charge in [0.2, 0.25) is 5.96 Å². The minimum Gasteiger partial charge on any atom is -0.370 e. The van der Waals surface area contributed by atoms with E-state index in [1.165, 1.54) is 12.8 Å². The molecule has 6 N–H and O–H groups in total. The van der Waals surface area contributed by atoms with Gasteiger partial charge in [0.05, 0.1) is 6.04 Å². The van der Waals surface area contributed by atoms with Crippen LogP contribution in [-0.4, -0.2) is 18.0 Å². The number of guanidine groups is 2. The maximum Gasteiger partial charge on any atom is 0.218 e. The molecule has 0 aliphatic heterocycles. The van der Waals surface area contributed by atoms with E-state index >= 15 is 0 Å². The molecule has 1 aliphatic rings. The van der Waals surface area contributed by atoms with Crippen molar-refractivity contribution in [3.8, 4) is 0 Å². The predicted molar refractivity (Wildman–Crippen MR) is 54.2 cm³/mol. The molecule has 1 saturated carbocycles. The molecule has 1 rings (SSSR count). The largest absolute Gasteiger partial charge is 0.370 e. The number of rotatable bonds is 3. The van der Waals surface area contributed by atoms with Crippen LogP contribution in [0, 0.1) is 5.92 Å². The molecule has 5 nitrogen and oxygen atoms in total. The fourth-order valence-corrected chi connectivity index (χ4v) is 1.40. The van der Waals surface area contributed by atoms with Gasteiger partial charge in [0.15, 0.2) is 5.96 Å². The monoisotopic (exact) mass is 183 g/mol. The Hall–Kier alpha value is -1.26. The lowest BCUT2D eigenvalue weighted by molar-refractivity contribution is 0.683. The van der Waals surface area contributed by atoms with Gasteiger partial charge in [-0.2, -0.15) is 4.99 Å². The predicted octanol–water partition coefficient (Wildman–Crippen LogP) is -0.237. The first-order valence-corrected chi connectivity index (χ1v) is 4.56. The molecule has 2 unspecified atom stereocenters. The van der Waals surface area contributed by atoms with Crippen molar-refractivity contribution in [1.82, 2.24) is 0 Å². The maximum atomic E-state index is 5.48. The SMILES string of the molecule is CCCC1CC1N=C(N)N=C(N)N. The molecule has 0 saturated heterocycles. The van der Waals surface area contributed by atoms with Crippen molar-refractivity contribution in [2.45, 2.75) is 32.2 Å². The van der Waals surface area contributed by atoms with Crippen LogP contribution in [0.25, 0.3) is 0 Å². The molecular formula is C8H17N5. The zero-order valence-electron chi connectivity index (χ0n) is 7.90.